The van der Waals surface area contributed by atoms with Crippen LogP contribution < -0.4 is 10.3 Å². The maximum absolute atomic E-state index is 12.3. The Kier molecular flexibility index (Phi) is 4.28. The first kappa shape index (κ1) is 15.7. The lowest BCUT2D eigenvalue weighted by Gasteiger charge is -2.09. The number of rotatable bonds is 5. The molecule has 0 saturated heterocycles. The van der Waals surface area contributed by atoms with Gasteiger partial charge in [-0.25, -0.2) is 9.78 Å². The van der Waals surface area contributed by atoms with E-state index >= 15 is 0 Å². The minimum atomic E-state index is -0.428. The number of aryl methyl sites for hydroxylation is 1. The summed E-state index contributed by atoms with van der Waals surface area (Å²) in [4.78, 5) is 28.0. The second kappa shape index (κ2) is 6.53. The average Bonchev–Trinajstić information content (AvgIpc) is 2.98. The van der Waals surface area contributed by atoms with E-state index in [0.717, 1.165) is 0 Å². The van der Waals surface area contributed by atoms with E-state index in [1.807, 2.05) is 0 Å². The van der Waals surface area contributed by atoms with Gasteiger partial charge in [0.05, 0.1) is 25.4 Å². The second-order valence-corrected chi connectivity index (χ2v) is 5.12. The molecule has 0 atom stereocenters. The van der Waals surface area contributed by atoms with Gasteiger partial charge in [0.1, 0.15) is 24.1 Å². The Morgan fingerprint density at radius 1 is 1.33 bits per heavy atom. The molecule has 0 aliphatic rings. The van der Waals surface area contributed by atoms with Crippen LogP contribution in [0.1, 0.15) is 10.4 Å². The monoisotopic (exact) mass is 328 g/mol. The maximum Gasteiger partial charge on any atom is 0.337 e. The molecule has 0 unspecified atom stereocenters. The van der Waals surface area contributed by atoms with E-state index in [9.17, 15) is 9.59 Å². The molecule has 0 saturated carbocycles. The molecule has 8 nitrogen and oxygen atoms in total. The van der Waals surface area contributed by atoms with Crippen molar-refractivity contribution >= 4 is 17.0 Å². The zero-order chi connectivity index (χ0) is 17.1. The molecule has 0 bridgehead atoms. The van der Waals surface area contributed by atoms with E-state index < -0.39 is 5.97 Å². The summed E-state index contributed by atoms with van der Waals surface area (Å²) < 4.78 is 13.3. The van der Waals surface area contributed by atoms with E-state index in [0.29, 0.717) is 28.9 Å². The summed E-state index contributed by atoms with van der Waals surface area (Å²) in [5, 5.41) is 4.49. The highest BCUT2D eigenvalue weighted by molar-refractivity contribution is 5.89. The van der Waals surface area contributed by atoms with Crippen LogP contribution in [0.2, 0.25) is 0 Å². The van der Waals surface area contributed by atoms with Crippen molar-refractivity contribution in [1.82, 2.24) is 19.3 Å². The molecule has 124 valence electrons. The molecular weight excluding hydrogens is 312 g/mol. The SMILES string of the molecule is COC(=O)c1cccc(OCCn2cnc3c(cnn3C)c2=O)c1. The Morgan fingerprint density at radius 2 is 2.17 bits per heavy atom. The van der Waals surface area contributed by atoms with Crippen molar-refractivity contribution in [2.24, 2.45) is 7.05 Å². The van der Waals surface area contributed by atoms with Gasteiger partial charge in [-0.3, -0.25) is 14.0 Å². The third-order valence-corrected chi connectivity index (χ3v) is 3.57. The van der Waals surface area contributed by atoms with Crippen molar-refractivity contribution in [3.63, 3.8) is 0 Å². The summed E-state index contributed by atoms with van der Waals surface area (Å²) in [6.07, 6.45) is 2.97. The summed E-state index contributed by atoms with van der Waals surface area (Å²) in [7, 11) is 3.06. The second-order valence-electron chi connectivity index (χ2n) is 5.12. The average molecular weight is 328 g/mol. The van der Waals surface area contributed by atoms with Gasteiger partial charge in [0.15, 0.2) is 5.65 Å². The Morgan fingerprint density at radius 3 is 2.96 bits per heavy atom. The molecule has 3 rings (SSSR count). The summed E-state index contributed by atoms with van der Waals surface area (Å²) >= 11 is 0. The minimum absolute atomic E-state index is 0.167. The number of nitrogens with zero attached hydrogens (tertiary/aromatic N) is 4. The number of benzene rings is 1. The van der Waals surface area contributed by atoms with Gasteiger partial charge < -0.3 is 9.47 Å². The van der Waals surface area contributed by atoms with Crippen molar-refractivity contribution in [2.75, 3.05) is 13.7 Å². The molecule has 2 heterocycles. The van der Waals surface area contributed by atoms with Crippen molar-refractivity contribution in [3.8, 4) is 5.75 Å². The van der Waals surface area contributed by atoms with E-state index in [-0.39, 0.29) is 12.2 Å². The first-order valence-electron chi connectivity index (χ1n) is 7.28. The predicted molar refractivity (Wildman–Crippen MR) is 86.0 cm³/mol. The third-order valence-electron chi connectivity index (χ3n) is 3.57. The van der Waals surface area contributed by atoms with Gasteiger partial charge in [0, 0.05) is 7.05 Å². The molecule has 8 heteroatoms. The molecule has 24 heavy (non-hydrogen) atoms. The quantitative estimate of drug-likeness (QED) is 0.649. The smallest absolute Gasteiger partial charge is 0.337 e. The van der Waals surface area contributed by atoms with E-state index in [1.54, 1.807) is 36.0 Å². The zero-order valence-corrected chi connectivity index (χ0v) is 13.3. The number of hydrogen-bond donors (Lipinski definition) is 0. The fourth-order valence-electron chi connectivity index (χ4n) is 2.32. The Bertz CT molecular complexity index is 945. The van der Waals surface area contributed by atoms with Gasteiger partial charge in [-0.2, -0.15) is 5.10 Å². The number of carbonyl (C=O) groups is 1. The number of fused-ring (bicyclic) bond motifs is 1. The van der Waals surface area contributed by atoms with Crippen molar-refractivity contribution in [3.05, 3.63) is 52.7 Å². The minimum Gasteiger partial charge on any atom is -0.492 e. The van der Waals surface area contributed by atoms with Gasteiger partial charge in [-0.1, -0.05) is 6.07 Å². The lowest BCUT2D eigenvalue weighted by Crippen LogP contribution is -2.23. The van der Waals surface area contributed by atoms with Crippen LogP contribution in [0.5, 0.6) is 5.75 Å². The Labute approximate surface area is 137 Å². The number of hydrogen-bond acceptors (Lipinski definition) is 6. The number of carbonyl (C=O) groups excluding carboxylic acids is 1. The normalized spacial score (nSPS) is 10.8. The molecule has 0 N–H and O–H groups in total. The third kappa shape index (κ3) is 2.98. The number of aromatic nitrogens is 4. The number of methoxy groups -OCH3 is 1. The largest absolute Gasteiger partial charge is 0.492 e. The van der Waals surface area contributed by atoms with Gasteiger partial charge in [-0.05, 0) is 18.2 Å². The summed E-state index contributed by atoms with van der Waals surface area (Å²) in [6, 6.07) is 6.68. The Balaban J connectivity index is 1.70. The summed E-state index contributed by atoms with van der Waals surface area (Å²) in [6.45, 7) is 0.594. The molecule has 0 amide bonds. The molecule has 2 aromatic heterocycles. The predicted octanol–water partition coefficient (Wildman–Crippen LogP) is 0.996. The molecule has 0 radical (unpaired) electrons. The van der Waals surface area contributed by atoms with E-state index in [2.05, 4.69) is 14.8 Å². The van der Waals surface area contributed by atoms with Crippen molar-refractivity contribution < 1.29 is 14.3 Å². The van der Waals surface area contributed by atoms with Gasteiger partial charge in [-0.15, -0.1) is 0 Å². The van der Waals surface area contributed by atoms with Crippen LogP contribution in [0.3, 0.4) is 0 Å². The van der Waals surface area contributed by atoms with Crippen LogP contribution in [0.25, 0.3) is 11.0 Å². The molecule has 0 aliphatic carbocycles. The van der Waals surface area contributed by atoms with Crippen LogP contribution in [-0.4, -0.2) is 39.0 Å². The topological polar surface area (TPSA) is 88.2 Å². The summed E-state index contributed by atoms with van der Waals surface area (Å²) in [5.41, 5.74) is 0.786. The van der Waals surface area contributed by atoms with Gasteiger partial charge in [0.25, 0.3) is 5.56 Å². The first-order chi connectivity index (χ1) is 11.6. The number of esters is 1. The highest BCUT2D eigenvalue weighted by Crippen LogP contribution is 2.14. The molecular formula is C16H16N4O4. The van der Waals surface area contributed by atoms with Crippen LogP contribution >= 0.6 is 0 Å². The molecule has 0 aliphatic heterocycles. The van der Waals surface area contributed by atoms with Crippen molar-refractivity contribution in [2.45, 2.75) is 6.54 Å². The highest BCUT2D eigenvalue weighted by Gasteiger charge is 2.09. The van der Waals surface area contributed by atoms with Crippen molar-refractivity contribution in [1.29, 1.82) is 0 Å². The first-order valence-corrected chi connectivity index (χ1v) is 7.28. The Hall–Kier alpha value is -3.16. The van der Waals surface area contributed by atoms with Gasteiger partial charge >= 0.3 is 5.97 Å². The molecule has 0 spiro atoms. The van der Waals surface area contributed by atoms with Crippen LogP contribution in [0.15, 0.2) is 41.6 Å². The maximum atomic E-state index is 12.3. The number of ether oxygens (including phenoxy) is 2. The van der Waals surface area contributed by atoms with Crippen LogP contribution in [0, 0.1) is 0 Å². The lowest BCUT2D eigenvalue weighted by atomic mass is 10.2. The zero-order valence-electron chi connectivity index (χ0n) is 13.3. The van der Waals surface area contributed by atoms with Crippen LogP contribution in [-0.2, 0) is 18.3 Å². The molecule has 1 aromatic carbocycles. The highest BCUT2D eigenvalue weighted by atomic mass is 16.5. The fraction of sp³-hybridized carbons (Fsp3) is 0.250. The lowest BCUT2D eigenvalue weighted by molar-refractivity contribution is 0.0600. The van der Waals surface area contributed by atoms with E-state index in [4.69, 9.17) is 4.74 Å². The molecule has 0 fully saturated rings. The standard InChI is InChI=1S/C16H16N4O4/c1-19-14-13(9-18-19)15(21)20(10-17-14)6-7-24-12-5-3-4-11(8-12)16(22)23-2/h3-5,8-10H,6-7H2,1-2H3. The molecule has 3 aromatic rings. The summed E-state index contributed by atoms with van der Waals surface area (Å²) in [5.74, 6) is 0.101. The fourth-order valence-corrected chi connectivity index (χ4v) is 2.32. The van der Waals surface area contributed by atoms with Crippen LogP contribution in [0.4, 0.5) is 0 Å². The van der Waals surface area contributed by atoms with Gasteiger partial charge in [0.2, 0.25) is 0 Å². The van der Waals surface area contributed by atoms with E-state index in [1.165, 1.54) is 24.2 Å².